The normalized spacial score (nSPS) is 26.1. The van der Waals surface area contributed by atoms with Gasteiger partial charge in [0.25, 0.3) is 0 Å². The molecule has 0 spiro atoms. The summed E-state index contributed by atoms with van der Waals surface area (Å²) in [5.41, 5.74) is 8.12. The smallest absolute Gasteiger partial charge is 0.306 e. The summed E-state index contributed by atoms with van der Waals surface area (Å²) in [7, 11) is 0. The molecular weight excluding hydrogens is 618 g/mol. The summed E-state index contributed by atoms with van der Waals surface area (Å²) in [6.07, 6.45) is 5.89. The van der Waals surface area contributed by atoms with Crippen LogP contribution < -0.4 is 19.5 Å². The molecule has 9 rings (SSSR count). The Balaban J connectivity index is 0.989. The molecule has 0 saturated carbocycles. The van der Waals surface area contributed by atoms with Gasteiger partial charge in [0.15, 0.2) is 18.3 Å². The molecule has 0 amide bonds. The van der Waals surface area contributed by atoms with Crippen molar-refractivity contribution in [3.8, 4) is 17.2 Å². The van der Waals surface area contributed by atoms with E-state index in [4.69, 9.17) is 23.7 Å². The Morgan fingerprint density at radius 3 is 2.80 bits per heavy atom. The molecule has 9 heteroatoms. The number of benzene rings is 3. The number of hydrogen-bond donors (Lipinski definition) is 1. The largest absolute Gasteiger partial charge is 0.490 e. The van der Waals surface area contributed by atoms with E-state index in [0.717, 1.165) is 77.1 Å². The summed E-state index contributed by atoms with van der Waals surface area (Å²) < 4.78 is 30.0. The number of nitrogens with one attached hydrogen (secondary N) is 1. The van der Waals surface area contributed by atoms with Crippen molar-refractivity contribution in [3.05, 3.63) is 94.2 Å². The first-order valence-corrected chi connectivity index (χ1v) is 17.8. The lowest BCUT2D eigenvalue weighted by Crippen LogP contribution is -2.63. The molecule has 0 bridgehead atoms. The maximum Gasteiger partial charge on any atom is 0.306 e. The van der Waals surface area contributed by atoms with E-state index >= 15 is 0 Å². The van der Waals surface area contributed by atoms with E-state index in [9.17, 15) is 4.79 Å². The fraction of sp³-hybridized carbons (Fsp3) is 0.450. The highest BCUT2D eigenvalue weighted by Crippen LogP contribution is 2.60. The van der Waals surface area contributed by atoms with Crippen molar-refractivity contribution in [2.24, 2.45) is 0 Å². The highest BCUT2D eigenvalue weighted by atomic mass is 16.7. The zero-order valence-electron chi connectivity index (χ0n) is 28.2. The number of pyridine rings is 1. The summed E-state index contributed by atoms with van der Waals surface area (Å²) in [4.78, 5) is 20.6. The molecule has 4 aromatic rings. The highest BCUT2D eigenvalue weighted by Gasteiger charge is 2.58. The third kappa shape index (κ3) is 5.34. The lowest BCUT2D eigenvalue weighted by molar-refractivity contribution is -0.145. The molecule has 9 nitrogen and oxygen atoms in total. The van der Waals surface area contributed by atoms with Crippen LogP contribution in [0.2, 0.25) is 0 Å². The predicted octanol–water partition coefficient (Wildman–Crippen LogP) is 6.62. The van der Waals surface area contributed by atoms with Gasteiger partial charge in [-0.25, -0.2) is 0 Å². The standard InChI is InChI=1S/C40H43N3O6/c1-24(28-10-11-41-33-7-4-3-6-29(28)33)14-39(44)48-22-34-30-15-26-21-45-23-49-36(26)16-25(30)8-9-35-31-17-37-38(47-13-5-12-46-37)18-32(31)40(2)19-27(20-42-34)43(35)40/h3-4,6-7,10-11,15-18,24,27,34-35,42H,5,8-9,12-14,19-23H2,1-2H3. The lowest BCUT2D eigenvalue weighted by Gasteiger charge is -2.56. The average molecular weight is 662 g/mol. The molecule has 254 valence electrons. The van der Waals surface area contributed by atoms with Crippen LogP contribution in [0.4, 0.5) is 0 Å². The Labute approximate surface area is 286 Å². The molecule has 1 N–H and O–H groups in total. The van der Waals surface area contributed by atoms with Gasteiger partial charge in [-0.05, 0) is 96.3 Å². The van der Waals surface area contributed by atoms with Crippen LogP contribution in [0.15, 0.2) is 60.8 Å². The molecule has 5 atom stereocenters. The molecule has 5 aliphatic rings. The van der Waals surface area contributed by atoms with Gasteiger partial charge in [0, 0.05) is 47.7 Å². The number of carbonyl (C=O) groups excluding carboxylic acids is 1. The fourth-order valence-electron chi connectivity index (χ4n) is 9.08. The first-order chi connectivity index (χ1) is 24.0. The van der Waals surface area contributed by atoms with E-state index in [1.165, 1.54) is 16.7 Å². The summed E-state index contributed by atoms with van der Waals surface area (Å²) in [5, 5.41) is 4.94. The van der Waals surface area contributed by atoms with Crippen LogP contribution in [-0.4, -0.2) is 55.1 Å². The van der Waals surface area contributed by atoms with E-state index in [0.29, 0.717) is 32.3 Å². The van der Waals surface area contributed by atoms with Gasteiger partial charge >= 0.3 is 5.97 Å². The van der Waals surface area contributed by atoms with Crippen LogP contribution >= 0.6 is 0 Å². The summed E-state index contributed by atoms with van der Waals surface area (Å²) in [6.45, 7) is 7.63. The number of aryl methyl sites for hydroxylation is 1. The monoisotopic (exact) mass is 661 g/mol. The Kier molecular flexibility index (Phi) is 7.74. The van der Waals surface area contributed by atoms with Gasteiger partial charge in [0.2, 0.25) is 0 Å². The number of fused-ring (bicyclic) bond motifs is 7. The first-order valence-electron chi connectivity index (χ1n) is 17.8. The van der Waals surface area contributed by atoms with E-state index in [-0.39, 0.29) is 42.9 Å². The summed E-state index contributed by atoms with van der Waals surface area (Å²) in [6, 6.07) is 19.5. The molecule has 3 aromatic carbocycles. The molecular formula is C40H43N3O6. The van der Waals surface area contributed by atoms with Crippen LogP contribution in [0.25, 0.3) is 10.9 Å². The number of carbonyl (C=O) groups is 1. The van der Waals surface area contributed by atoms with Gasteiger partial charge in [-0.2, -0.15) is 0 Å². The van der Waals surface area contributed by atoms with Crippen LogP contribution in [-0.2, 0) is 32.8 Å². The molecule has 49 heavy (non-hydrogen) atoms. The molecule has 0 radical (unpaired) electrons. The van der Waals surface area contributed by atoms with Crippen molar-refractivity contribution in [2.75, 3.05) is 33.2 Å². The summed E-state index contributed by atoms with van der Waals surface area (Å²) >= 11 is 0. The zero-order chi connectivity index (χ0) is 33.1. The lowest BCUT2D eigenvalue weighted by atomic mass is 9.77. The van der Waals surface area contributed by atoms with Crippen LogP contribution in [0.3, 0.4) is 0 Å². The minimum absolute atomic E-state index is 0.00163. The van der Waals surface area contributed by atoms with Gasteiger partial charge < -0.3 is 29.0 Å². The van der Waals surface area contributed by atoms with Gasteiger partial charge in [-0.15, -0.1) is 0 Å². The van der Waals surface area contributed by atoms with Gasteiger partial charge in [0.05, 0.1) is 37.8 Å². The Morgan fingerprint density at radius 1 is 1.04 bits per heavy atom. The number of rotatable bonds is 5. The average Bonchev–Trinajstić information content (AvgIpc) is 3.24. The van der Waals surface area contributed by atoms with E-state index in [1.807, 2.05) is 30.5 Å². The van der Waals surface area contributed by atoms with E-state index < -0.39 is 0 Å². The molecule has 5 unspecified atom stereocenters. The molecule has 6 heterocycles. The molecule has 1 aromatic heterocycles. The fourth-order valence-corrected chi connectivity index (χ4v) is 9.08. The number of esters is 1. The predicted molar refractivity (Wildman–Crippen MR) is 184 cm³/mol. The van der Waals surface area contributed by atoms with Crippen molar-refractivity contribution >= 4 is 16.9 Å². The van der Waals surface area contributed by atoms with Crippen LogP contribution in [0.5, 0.6) is 17.2 Å². The second kappa shape index (κ2) is 12.3. The minimum atomic E-state index is -0.200. The second-order valence-corrected chi connectivity index (χ2v) is 14.5. The number of para-hydroxylation sites is 1. The Morgan fingerprint density at radius 2 is 1.90 bits per heavy atom. The second-order valence-electron chi connectivity index (χ2n) is 14.5. The van der Waals surface area contributed by atoms with Crippen LogP contribution in [0.1, 0.15) is 90.9 Å². The van der Waals surface area contributed by atoms with Crippen LogP contribution in [0, 0.1) is 0 Å². The third-order valence-corrected chi connectivity index (χ3v) is 11.4. The van der Waals surface area contributed by atoms with Gasteiger partial charge in [-0.1, -0.05) is 25.1 Å². The number of ether oxygens (including phenoxy) is 5. The SMILES string of the molecule is CC(CC(=O)OCC1NCC2CC3(C)c4cc5c(cc4C(CCc4cc6c(cc41)COCO6)N23)OCCCO5)c1ccnc2ccccc12. The van der Waals surface area contributed by atoms with Gasteiger partial charge in [0.1, 0.15) is 12.4 Å². The zero-order valence-corrected chi connectivity index (χ0v) is 28.2. The number of nitrogens with zero attached hydrogens (tertiary/aromatic N) is 2. The number of hydrogen-bond acceptors (Lipinski definition) is 9. The highest BCUT2D eigenvalue weighted by molar-refractivity contribution is 5.83. The number of aromatic nitrogens is 1. The minimum Gasteiger partial charge on any atom is -0.490 e. The van der Waals surface area contributed by atoms with Crippen molar-refractivity contribution < 1.29 is 28.5 Å². The Hall–Kier alpha value is -4.18. The van der Waals surface area contributed by atoms with E-state index in [1.54, 1.807) is 0 Å². The quantitative estimate of drug-likeness (QED) is 0.237. The Bertz CT molecular complexity index is 1920. The molecule has 5 aliphatic heterocycles. The van der Waals surface area contributed by atoms with E-state index in [2.05, 4.69) is 59.4 Å². The third-order valence-electron chi connectivity index (χ3n) is 11.4. The topological polar surface area (TPSA) is 91.4 Å². The van der Waals surface area contributed by atoms with Gasteiger partial charge in [-0.3, -0.25) is 14.7 Å². The van der Waals surface area contributed by atoms with Crippen molar-refractivity contribution in [3.63, 3.8) is 0 Å². The van der Waals surface area contributed by atoms with Crippen molar-refractivity contribution in [2.45, 2.75) is 82.1 Å². The summed E-state index contributed by atoms with van der Waals surface area (Å²) in [5.74, 6) is 2.41. The maximum atomic E-state index is 13.4. The van der Waals surface area contributed by atoms with Crippen molar-refractivity contribution in [1.29, 1.82) is 0 Å². The van der Waals surface area contributed by atoms with Crippen molar-refractivity contribution in [1.82, 2.24) is 15.2 Å². The first kappa shape index (κ1) is 30.8. The molecule has 1 fully saturated rings. The molecule has 1 saturated heterocycles. The maximum absolute atomic E-state index is 13.4. The molecule has 0 aliphatic carbocycles.